The number of hydrogen-bond donors (Lipinski definition) is 2. The molecule has 126 valence electrons. The van der Waals surface area contributed by atoms with Crippen LogP contribution in [0, 0.1) is 0 Å². The minimum Gasteiger partial charge on any atom is -0.378 e. The van der Waals surface area contributed by atoms with Crippen LogP contribution in [0.2, 0.25) is 10.0 Å². The topological polar surface area (TPSA) is 61.4 Å². The van der Waals surface area contributed by atoms with Gasteiger partial charge in [0, 0.05) is 26.3 Å². The SMILES string of the molecule is CN(C)c1ccc(CNC(=O)C(=O)Nc2cccc(Cl)c2Cl)cc1. The van der Waals surface area contributed by atoms with E-state index in [1.165, 1.54) is 0 Å². The van der Waals surface area contributed by atoms with Crippen molar-refractivity contribution in [2.75, 3.05) is 24.3 Å². The molecule has 2 N–H and O–H groups in total. The largest absolute Gasteiger partial charge is 0.378 e. The van der Waals surface area contributed by atoms with Crippen molar-refractivity contribution in [3.05, 3.63) is 58.1 Å². The van der Waals surface area contributed by atoms with Gasteiger partial charge in [0.1, 0.15) is 0 Å². The molecule has 0 radical (unpaired) electrons. The predicted molar refractivity (Wildman–Crippen MR) is 97.7 cm³/mol. The Morgan fingerprint density at radius 1 is 1.00 bits per heavy atom. The van der Waals surface area contributed by atoms with E-state index in [0.717, 1.165) is 11.3 Å². The molecule has 0 bridgehead atoms. The molecule has 2 aromatic carbocycles. The number of nitrogens with zero attached hydrogens (tertiary/aromatic N) is 1. The van der Waals surface area contributed by atoms with Gasteiger partial charge in [-0.25, -0.2) is 0 Å². The van der Waals surface area contributed by atoms with Crippen LogP contribution >= 0.6 is 23.2 Å². The van der Waals surface area contributed by atoms with Crippen molar-refractivity contribution >= 4 is 46.4 Å². The summed E-state index contributed by atoms with van der Waals surface area (Å²) in [5.41, 5.74) is 2.24. The second-order valence-corrected chi connectivity index (χ2v) is 6.08. The Labute approximate surface area is 150 Å². The molecule has 0 atom stereocenters. The molecule has 5 nitrogen and oxygen atoms in total. The van der Waals surface area contributed by atoms with Crippen LogP contribution in [0.3, 0.4) is 0 Å². The van der Waals surface area contributed by atoms with Crippen LogP contribution in [0.25, 0.3) is 0 Å². The van der Waals surface area contributed by atoms with Crippen LogP contribution in [-0.4, -0.2) is 25.9 Å². The van der Waals surface area contributed by atoms with Gasteiger partial charge in [0.15, 0.2) is 0 Å². The summed E-state index contributed by atoms with van der Waals surface area (Å²) in [5, 5.41) is 5.49. The van der Waals surface area contributed by atoms with Gasteiger partial charge in [0.2, 0.25) is 0 Å². The highest BCUT2D eigenvalue weighted by molar-refractivity contribution is 6.45. The van der Waals surface area contributed by atoms with Gasteiger partial charge in [-0.1, -0.05) is 41.4 Å². The maximum Gasteiger partial charge on any atom is 0.313 e. The van der Waals surface area contributed by atoms with Crippen molar-refractivity contribution in [1.82, 2.24) is 5.32 Å². The minimum atomic E-state index is -0.802. The second-order valence-electron chi connectivity index (χ2n) is 5.30. The van der Waals surface area contributed by atoms with E-state index in [4.69, 9.17) is 23.2 Å². The van der Waals surface area contributed by atoms with Crippen molar-refractivity contribution in [2.45, 2.75) is 6.54 Å². The lowest BCUT2D eigenvalue weighted by atomic mass is 10.2. The molecule has 0 aliphatic heterocycles. The monoisotopic (exact) mass is 365 g/mol. The van der Waals surface area contributed by atoms with Crippen molar-refractivity contribution < 1.29 is 9.59 Å². The van der Waals surface area contributed by atoms with Crippen LogP contribution in [0.1, 0.15) is 5.56 Å². The molecule has 0 spiro atoms. The molecule has 24 heavy (non-hydrogen) atoms. The number of carbonyl (C=O) groups excluding carboxylic acids is 2. The molecule has 0 aliphatic rings. The van der Waals surface area contributed by atoms with Crippen molar-refractivity contribution in [3.63, 3.8) is 0 Å². The van der Waals surface area contributed by atoms with Crippen LogP contribution in [0.4, 0.5) is 11.4 Å². The molecule has 2 rings (SSSR count). The molecule has 0 aliphatic carbocycles. The van der Waals surface area contributed by atoms with E-state index in [9.17, 15) is 9.59 Å². The zero-order chi connectivity index (χ0) is 17.7. The average Bonchev–Trinajstić information content (AvgIpc) is 2.57. The molecule has 2 aromatic rings. The minimum absolute atomic E-state index is 0.194. The Morgan fingerprint density at radius 2 is 1.67 bits per heavy atom. The van der Waals surface area contributed by atoms with Gasteiger partial charge in [-0.15, -0.1) is 0 Å². The van der Waals surface area contributed by atoms with Crippen LogP contribution in [0.5, 0.6) is 0 Å². The summed E-state index contributed by atoms with van der Waals surface area (Å²) in [6.45, 7) is 0.253. The number of halogens is 2. The van der Waals surface area contributed by atoms with Gasteiger partial charge in [0.25, 0.3) is 0 Å². The average molecular weight is 366 g/mol. The van der Waals surface area contributed by atoms with E-state index < -0.39 is 11.8 Å². The highest BCUT2D eigenvalue weighted by atomic mass is 35.5. The van der Waals surface area contributed by atoms with Crippen LogP contribution in [-0.2, 0) is 16.1 Å². The first-order valence-corrected chi connectivity index (χ1v) is 7.93. The third-order valence-corrected chi connectivity index (χ3v) is 4.13. The Hall–Kier alpha value is -2.24. The summed E-state index contributed by atoms with van der Waals surface area (Å²) in [6, 6.07) is 12.5. The summed E-state index contributed by atoms with van der Waals surface area (Å²) in [5.74, 6) is -1.55. The summed E-state index contributed by atoms with van der Waals surface area (Å²) in [7, 11) is 3.89. The molecular formula is C17H17Cl2N3O2. The Morgan fingerprint density at radius 3 is 2.29 bits per heavy atom. The molecule has 0 saturated heterocycles. The zero-order valence-electron chi connectivity index (χ0n) is 13.3. The van der Waals surface area contributed by atoms with E-state index in [-0.39, 0.29) is 11.6 Å². The lowest BCUT2D eigenvalue weighted by Gasteiger charge is -2.13. The Balaban J connectivity index is 1.92. The number of hydrogen-bond acceptors (Lipinski definition) is 3. The van der Waals surface area contributed by atoms with Gasteiger partial charge in [-0.3, -0.25) is 9.59 Å². The number of carbonyl (C=O) groups is 2. The van der Waals surface area contributed by atoms with Gasteiger partial charge in [0.05, 0.1) is 15.7 Å². The predicted octanol–water partition coefficient (Wildman–Crippen LogP) is 3.31. The van der Waals surface area contributed by atoms with Gasteiger partial charge < -0.3 is 15.5 Å². The summed E-state index contributed by atoms with van der Waals surface area (Å²) < 4.78 is 0. The van der Waals surface area contributed by atoms with E-state index in [1.807, 2.05) is 43.3 Å². The van der Waals surface area contributed by atoms with Gasteiger partial charge >= 0.3 is 11.8 Å². The van der Waals surface area contributed by atoms with Crippen molar-refractivity contribution in [3.8, 4) is 0 Å². The van der Waals surface area contributed by atoms with E-state index in [0.29, 0.717) is 10.7 Å². The maximum absolute atomic E-state index is 11.9. The van der Waals surface area contributed by atoms with Crippen molar-refractivity contribution in [2.24, 2.45) is 0 Å². The number of anilines is 2. The highest BCUT2D eigenvalue weighted by Gasteiger charge is 2.15. The molecule has 0 saturated carbocycles. The lowest BCUT2D eigenvalue weighted by Crippen LogP contribution is -2.35. The summed E-state index contributed by atoms with van der Waals surface area (Å²) >= 11 is 11.8. The summed E-state index contributed by atoms with van der Waals surface area (Å²) in [4.78, 5) is 25.8. The molecule has 0 heterocycles. The molecule has 2 amide bonds. The molecule has 0 fully saturated rings. The normalized spacial score (nSPS) is 10.2. The zero-order valence-corrected chi connectivity index (χ0v) is 14.8. The molecular weight excluding hydrogens is 349 g/mol. The quantitative estimate of drug-likeness (QED) is 0.817. The van der Waals surface area contributed by atoms with E-state index in [1.54, 1.807) is 18.2 Å². The first-order valence-electron chi connectivity index (χ1n) is 7.18. The third kappa shape index (κ3) is 4.63. The smallest absolute Gasteiger partial charge is 0.313 e. The standard InChI is InChI=1S/C17H17Cl2N3O2/c1-22(2)12-8-6-11(7-9-12)10-20-16(23)17(24)21-14-5-3-4-13(18)15(14)19/h3-9H,10H2,1-2H3,(H,20,23)(H,21,24). The van der Waals surface area contributed by atoms with Gasteiger partial charge in [-0.2, -0.15) is 0 Å². The third-order valence-electron chi connectivity index (χ3n) is 3.31. The fourth-order valence-corrected chi connectivity index (χ4v) is 2.30. The first kappa shape index (κ1) is 18.1. The van der Waals surface area contributed by atoms with E-state index in [2.05, 4.69) is 10.6 Å². The number of rotatable bonds is 4. The molecule has 0 unspecified atom stereocenters. The fourth-order valence-electron chi connectivity index (χ4n) is 1.95. The van der Waals surface area contributed by atoms with Crippen molar-refractivity contribution in [1.29, 1.82) is 0 Å². The van der Waals surface area contributed by atoms with Gasteiger partial charge in [-0.05, 0) is 29.8 Å². The Bertz CT molecular complexity index is 746. The fraction of sp³-hybridized carbons (Fsp3) is 0.176. The second kappa shape index (κ2) is 8.04. The van der Waals surface area contributed by atoms with E-state index >= 15 is 0 Å². The number of benzene rings is 2. The first-order chi connectivity index (χ1) is 11.4. The number of amides is 2. The number of nitrogens with one attached hydrogen (secondary N) is 2. The summed E-state index contributed by atoms with van der Waals surface area (Å²) in [6.07, 6.45) is 0. The highest BCUT2D eigenvalue weighted by Crippen LogP contribution is 2.29. The maximum atomic E-state index is 11.9. The Kier molecular flexibility index (Phi) is 6.06. The van der Waals surface area contributed by atoms with Crippen LogP contribution < -0.4 is 15.5 Å². The van der Waals surface area contributed by atoms with Crippen LogP contribution in [0.15, 0.2) is 42.5 Å². The lowest BCUT2D eigenvalue weighted by molar-refractivity contribution is -0.136. The molecule has 7 heteroatoms. The molecule has 0 aromatic heterocycles.